The number of rotatable bonds is 4. The van der Waals surface area contributed by atoms with E-state index in [0.29, 0.717) is 0 Å². The van der Waals surface area contributed by atoms with Gasteiger partial charge in [0.2, 0.25) is 0 Å². The summed E-state index contributed by atoms with van der Waals surface area (Å²) in [7, 11) is 0. The van der Waals surface area contributed by atoms with Gasteiger partial charge in [0.25, 0.3) is 0 Å². The SMILES string of the molecule is c1ccc2cc(N(c3ccc(-c4cccc5c4oc4ccccc45)cc3)c3cccc4c3oc3c5ccccc5ccc43)ccc2c1. The van der Waals surface area contributed by atoms with Crippen molar-refractivity contribution in [3.63, 3.8) is 0 Å². The first-order chi connectivity index (χ1) is 23.3. The Bertz CT molecular complexity index is 2800. The van der Waals surface area contributed by atoms with Crippen LogP contribution in [0.5, 0.6) is 0 Å². The molecule has 2 aromatic heterocycles. The van der Waals surface area contributed by atoms with Gasteiger partial charge in [0.1, 0.15) is 16.7 Å². The lowest BCUT2D eigenvalue weighted by Gasteiger charge is -2.26. The molecule has 47 heavy (non-hydrogen) atoms. The first kappa shape index (κ1) is 26.0. The zero-order valence-corrected chi connectivity index (χ0v) is 25.4. The molecule has 0 unspecified atom stereocenters. The standard InChI is InChI=1S/C44H27NO2/c1-2-11-31-27-33(25-19-28(31)9-1)45(40-17-8-16-38-39-26-22-29-10-3-4-12-34(29)43(39)47-44(38)40)32-23-20-30(21-24-32)35-14-7-15-37-36-13-5-6-18-41(36)46-42(35)37/h1-27H. The van der Waals surface area contributed by atoms with Crippen molar-refractivity contribution in [1.82, 2.24) is 0 Å². The Morgan fingerprint density at radius 3 is 1.87 bits per heavy atom. The zero-order chi connectivity index (χ0) is 30.9. The summed E-state index contributed by atoms with van der Waals surface area (Å²) in [5, 5.41) is 9.16. The first-order valence-corrected chi connectivity index (χ1v) is 15.9. The second kappa shape index (κ2) is 10.1. The molecule has 2 heterocycles. The van der Waals surface area contributed by atoms with Crippen LogP contribution in [0.15, 0.2) is 173 Å². The molecule has 3 heteroatoms. The van der Waals surface area contributed by atoms with E-state index in [9.17, 15) is 0 Å². The van der Waals surface area contributed by atoms with E-state index in [1.54, 1.807) is 0 Å². The van der Waals surface area contributed by atoms with Gasteiger partial charge in [0, 0.05) is 43.9 Å². The molecule has 0 fully saturated rings. The van der Waals surface area contributed by atoms with E-state index >= 15 is 0 Å². The molecule has 0 radical (unpaired) electrons. The molecular formula is C44H27NO2. The molecule has 0 aliphatic rings. The third-order valence-corrected chi connectivity index (χ3v) is 9.44. The minimum atomic E-state index is 0.864. The van der Waals surface area contributed by atoms with Gasteiger partial charge in [-0.15, -0.1) is 0 Å². The zero-order valence-electron chi connectivity index (χ0n) is 25.4. The lowest BCUT2D eigenvalue weighted by molar-refractivity contribution is 0.670. The van der Waals surface area contributed by atoms with Crippen LogP contribution in [0.25, 0.3) is 76.5 Å². The number of hydrogen-bond donors (Lipinski definition) is 0. The number of hydrogen-bond acceptors (Lipinski definition) is 3. The largest absolute Gasteiger partial charge is 0.455 e. The Hall–Kier alpha value is -6.32. The van der Waals surface area contributed by atoms with Crippen LogP contribution in [-0.2, 0) is 0 Å². The monoisotopic (exact) mass is 601 g/mol. The summed E-state index contributed by atoms with van der Waals surface area (Å²) in [6, 6.07) is 57.8. The minimum Gasteiger partial charge on any atom is -0.455 e. The normalized spacial score (nSPS) is 11.8. The van der Waals surface area contributed by atoms with Gasteiger partial charge in [0.05, 0.1) is 5.69 Å². The van der Waals surface area contributed by atoms with E-state index in [4.69, 9.17) is 8.83 Å². The fourth-order valence-electron chi connectivity index (χ4n) is 7.19. The Labute approximate surface area is 270 Å². The van der Waals surface area contributed by atoms with Crippen LogP contribution in [0, 0.1) is 0 Å². The van der Waals surface area contributed by atoms with Gasteiger partial charge >= 0.3 is 0 Å². The molecule has 3 nitrogen and oxygen atoms in total. The van der Waals surface area contributed by atoms with E-state index in [2.05, 4.69) is 157 Å². The molecule has 0 atom stereocenters. The highest BCUT2D eigenvalue weighted by Crippen LogP contribution is 2.44. The highest BCUT2D eigenvalue weighted by molar-refractivity contribution is 6.17. The lowest BCUT2D eigenvalue weighted by Crippen LogP contribution is -2.10. The Kier molecular flexibility index (Phi) is 5.57. The molecule has 0 spiro atoms. The molecular weight excluding hydrogens is 574 g/mol. The highest BCUT2D eigenvalue weighted by atomic mass is 16.3. The summed E-state index contributed by atoms with van der Waals surface area (Å²) in [5.74, 6) is 0. The molecule has 220 valence electrons. The van der Waals surface area contributed by atoms with Gasteiger partial charge < -0.3 is 13.7 Å². The van der Waals surface area contributed by atoms with Crippen molar-refractivity contribution >= 4 is 82.5 Å². The number of nitrogens with zero attached hydrogens (tertiary/aromatic N) is 1. The Morgan fingerprint density at radius 2 is 1.00 bits per heavy atom. The van der Waals surface area contributed by atoms with E-state index in [-0.39, 0.29) is 0 Å². The summed E-state index contributed by atoms with van der Waals surface area (Å²) < 4.78 is 13.2. The fourth-order valence-corrected chi connectivity index (χ4v) is 7.19. The molecule has 0 saturated heterocycles. The molecule has 0 saturated carbocycles. The second-order valence-corrected chi connectivity index (χ2v) is 12.1. The van der Waals surface area contributed by atoms with Crippen molar-refractivity contribution in [3.05, 3.63) is 164 Å². The van der Waals surface area contributed by atoms with Crippen molar-refractivity contribution in [2.75, 3.05) is 4.90 Å². The number of furan rings is 2. The Balaban J connectivity index is 1.18. The van der Waals surface area contributed by atoms with Gasteiger partial charge in [-0.05, 0) is 64.2 Å². The van der Waals surface area contributed by atoms with Gasteiger partial charge in [-0.3, -0.25) is 0 Å². The predicted octanol–water partition coefficient (Wildman–Crippen LogP) is 12.9. The van der Waals surface area contributed by atoms with Crippen molar-refractivity contribution in [2.45, 2.75) is 0 Å². The van der Waals surface area contributed by atoms with Crippen LogP contribution >= 0.6 is 0 Å². The molecule has 0 aliphatic carbocycles. The van der Waals surface area contributed by atoms with Gasteiger partial charge in [-0.2, -0.15) is 0 Å². The first-order valence-electron chi connectivity index (χ1n) is 15.9. The van der Waals surface area contributed by atoms with Gasteiger partial charge in [-0.1, -0.05) is 121 Å². The summed E-state index contributed by atoms with van der Waals surface area (Å²) in [5.41, 5.74) is 8.87. The second-order valence-electron chi connectivity index (χ2n) is 12.1. The maximum atomic E-state index is 6.82. The number of anilines is 3. The van der Waals surface area contributed by atoms with E-state index < -0.39 is 0 Å². The average Bonchev–Trinajstić information content (AvgIpc) is 3.72. The van der Waals surface area contributed by atoms with Crippen molar-refractivity contribution in [3.8, 4) is 11.1 Å². The smallest absolute Gasteiger partial charge is 0.159 e. The average molecular weight is 602 g/mol. The quantitative estimate of drug-likeness (QED) is 0.201. The third kappa shape index (κ3) is 4.00. The van der Waals surface area contributed by atoms with Gasteiger partial charge in [-0.25, -0.2) is 0 Å². The van der Waals surface area contributed by atoms with E-state index in [1.165, 1.54) is 16.2 Å². The van der Waals surface area contributed by atoms with E-state index in [1.807, 2.05) is 12.1 Å². The van der Waals surface area contributed by atoms with Crippen molar-refractivity contribution in [2.24, 2.45) is 0 Å². The summed E-state index contributed by atoms with van der Waals surface area (Å²) >= 11 is 0. The minimum absolute atomic E-state index is 0.864. The van der Waals surface area contributed by atoms with E-state index in [0.717, 1.165) is 77.5 Å². The lowest BCUT2D eigenvalue weighted by atomic mass is 10.0. The number of para-hydroxylation sites is 3. The fraction of sp³-hybridized carbons (Fsp3) is 0. The summed E-state index contributed by atoms with van der Waals surface area (Å²) in [6.45, 7) is 0. The van der Waals surface area contributed by atoms with Gasteiger partial charge in [0.15, 0.2) is 5.58 Å². The molecule has 0 bridgehead atoms. The predicted molar refractivity (Wildman–Crippen MR) is 196 cm³/mol. The van der Waals surface area contributed by atoms with Crippen LogP contribution in [0.3, 0.4) is 0 Å². The molecule has 0 amide bonds. The van der Waals surface area contributed by atoms with Crippen molar-refractivity contribution < 1.29 is 8.83 Å². The highest BCUT2D eigenvalue weighted by Gasteiger charge is 2.21. The molecule has 10 rings (SSSR count). The summed E-state index contributed by atoms with van der Waals surface area (Å²) in [4.78, 5) is 2.31. The number of benzene rings is 8. The maximum absolute atomic E-state index is 6.82. The van der Waals surface area contributed by atoms with Crippen LogP contribution in [0.1, 0.15) is 0 Å². The third-order valence-electron chi connectivity index (χ3n) is 9.44. The van der Waals surface area contributed by atoms with Crippen LogP contribution in [-0.4, -0.2) is 0 Å². The van der Waals surface area contributed by atoms with Crippen LogP contribution in [0.2, 0.25) is 0 Å². The maximum Gasteiger partial charge on any atom is 0.159 e. The van der Waals surface area contributed by atoms with Crippen LogP contribution in [0.4, 0.5) is 17.1 Å². The summed E-state index contributed by atoms with van der Waals surface area (Å²) in [6.07, 6.45) is 0. The molecule has 0 aliphatic heterocycles. The number of fused-ring (bicyclic) bond motifs is 9. The Morgan fingerprint density at radius 1 is 0.362 bits per heavy atom. The molecule has 0 N–H and O–H groups in total. The molecule has 8 aromatic carbocycles. The van der Waals surface area contributed by atoms with Crippen molar-refractivity contribution in [1.29, 1.82) is 0 Å². The molecule has 10 aromatic rings. The topological polar surface area (TPSA) is 29.5 Å². The van der Waals surface area contributed by atoms with Crippen LogP contribution < -0.4 is 4.90 Å².